The van der Waals surface area contributed by atoms with Gasteiger partial charge in [-0.3, -0.25) is 9.59 Å². The van der Waals surface area contributed by atoms with Crippen molar-refractivity contribution in [2.24, 2.45) is 11.8 Å². The minimum Gasteiger partial charge on any atom is -0.344 e. The molecule has 4 heteroatoms. The fourth-order valence-electron chi connectivity index (χ4n) is 4.19. The Morgan fingerprint density at radius 1 is 1.05 bits per heavy atom. The fraction of sp³-hybridized carbons (Fsp3) is 0.882. The molecule has 1 saturated heterocycles. The van der Waals surface area contributed by atoms with E-state index < -0.39 is 0 Å². The standard InChI is InChI=1S/C17H28N2O2/c1-12(13-8-5-9-13)19-11-10-15(20)18-16(17(19)21)14-6-3-2-4-7-14/h12-14,16H,2-11H2,1H3,(H,18,20). The number of nitrogens with zero attached hydrogens (tertiary/aromatic N) is 1. The molecule has 3 aliphatic rings. The van der Waals surface area contributed by atoms with E-state index in [9.17, 15) is 9.59 Å². The van der Waals surface area contributed by atoms with Crippen LogP contribution < -0.4 is 5.32 Å². The Labute approximate surface area is 127 Å². The molecule has 21 heavy (non-hydrogen) atoms. The molecule has 1 heterocycles. The van der Waals surface area contributed by atoms with Crippen LogP contribution in [0.4, 0.5) is 0 Å². The third-order valence-corrected chi connectivity index (χ3v) is 5.89. The van der Waals surface area contributed by atoms with Crippen molar-refractivity contribution in [1.82, 2.24) is 10.2 Å². The predicted molar refractivity (Wildman–Crippen MR) is 81.6 cm³/mol. The van der Waals surface area contributed by atoms with Gasteiger partial charge in [0.1, 0.15) is 6.04 Å². The average molecular weight is 292 g/mol. The van der Waals surface area contributed by atoms with Crippen LogP contribution >= 0.6 is 0 Å². The molecule has 0 aromatic rings. The van der Waals surface area contributed by atoms with Gasteiger partial charge in [-0.05, 0) is 44.4 Å². The topological polar surface area (TPSA) is 49.4 Å². The van der Waals surface area contributed by atoms with Gasteiger partial charge >= 0.3 is 0 Å². The third-order valence-electron chi connectivity index (χ3n) is 5.89. The van der Waals surface area contributed by atoms with Crippen LogP contribution in [0.2, 0.25) is 0 Å². The molecule has 3 rings (SSSR count). The molecule has 2 atom stereocenters. The smallest absolute Gasteiger partial charge is 0.245 e. The van der Waals surface area contributed by atoms with E-state index >= 15 is 0 Å². The molecular formula is C17H28N2O2. The van der Waals surface area contributed by atoms with Crippen molar-refractivity contribution in [3.63, 3.8) is 0 Å². The lowest BCUT2D eigenvalue weighted by atomic mass is 9.79. The van der Waals surface area contributed by atoms with Crippen LogP contribution in [-0.4, -0.2) is 35.3 Å². The Kier molecular flexibility index (Phi) is 4.51. The van der Waals surface area contributed by atoms with Crippen molar-refractivity contribution >= 4 is 11.8 Å². The van der Waals surface area contributed by atoms with Crippen LogP contribution in [0.1, 0.15) is 64.7 Å². The van der Waals surface area contributed by atoms with Gasteiger partial charge in [0.05, 0.1) is 0 Å². The van der Waals surface area contributed by atoms with Gasteiger partial charge in [0.15, 0.2) is 0 Å². The highest BCUT2D eigenvalue weighted by Gasteiger charge is 2.40. The largest absolute Gasteiger partial charge is 0.344 e. The van der Waals surface area contributed by atoms with E-state index in [1.807, 2.05) is 4.90 Å². The lowest BCUT2D eigenvalue weighted by molar-refractivity contribution is -0.138. The first kappa shape index (κ1) is 14.9. The van der Waals surface area contributed by atoms with Crippen LogP contribution in [0.25, 0.3) is 0 Å². The van der Waals surface area contributed by atoms with Crippen LogP contribution in [0.3, 0.4) is 0 Å². The molecular weight excluding hydrogens is 264 g/mol. The Morgan fingerprint density at radius 2 is 1.76 bits per heavy atom. The van der Waals surface area contributed by atoms with Crippen molar-refractivity contribution in [2.75, 3.05) is 6.54 Å². The SMILES string of the molecule is CC(C1CCC1)N1CCC(=O)NC(C2CCCCC2)C1=O. The van der Waals surface area contributed by atoms with Gasteiger partial charge in [-0.25, -0.2) is 0 Å². The number of hydrogen-bond acceptors (Lipinski definition) is 2. The van der Waals surface area contributed by atoms with Gasteiger partial charge < -0.3 is 10.2 Å². The van der Waals surface area contributed by atoms with E-state index in [-0.39, 0.29) is 17.9 Å². The van der Waals surface area contributed by atoms with Crippen molar-refractivity contribution in [3.05, 3.63) is 0 Å². The maximum absolute atomic E-state index is 13.0. The summed E-state index contributed by atoms with van der Waals surface area (Å²) in [7, 11) is 0. The van der Waals surface area contributed by atoms with E-state index in [1.54, 1.807) is 0 Å². The summed E-state index contributed by atoms with van der Waals surface area (Å²) in [6.07, 6.45) is 10.1. The molecule has 2 unspecified atom stereocenters. The second-order valence-corrected chi connectivity index (χ2v) is 7.16. The summed E-state index contributed by atoms with van der Waals surface area (Å²) >= 11 is 0. The zero-order chi connectivity index (χ0) is 14.8. The first-order chi connectivity index (χ1) is 10.2. The molecule has 2 saturated carbocycles. The molecule has 2 aliphatic carbocycles. The Bertz CT molecular complexity index is 400. The number of nitrogens with one attached hydrogen (secondary N) is 1. The number of rotatable bonds is 3. The molecule has 1 N–H and O–H groups in total. The van der Waals surface area contributed by atoms with Gasteiger partial charge in [-0.15, -0.1) is 0 Å². The van der Waals surface area contributed by atoms with E-state index in [0.717, 1.165) is 12.8 Å². The molecule has 2 amide bonds. The highest BCUT2D eigenvalue weighted by Crippen LogP contribution is 2.34. The van der Waals surface area contributed by atoms with Crippen molar-refractivity contribution < 1.29 is 9.59 Å². The first-order valence-corrected chi connectivity index (χ1v) is 8.76. The molecule has 1 aliphatic heterocycles. The average Bonchev–Trinajstić information content (AvgIpc) is 2.57. The molecule has 0 radical (unpaired) electrons. The quantitative estimate of drug-likeness (QED) is 0.868. The fourth-order valence-corrected chi connectivity index (χ4v) is 4.19. The monoisotopic (exact) mass is 292 g/mol. The van der Waals surface area contributed by atoms with Gasteiger partial charge in [-0.1, -0.05) is 25.7 Å². The summed E-state index contributed by atoms with van der Waals surface area (Å²) < 4.78 is 0. The van der Waals surface area contributed by atoms with Gasteiger partial charge in [0, 0.05) is 19.0 Å². The molecule has 0 aromatic carbocycles. The summed E-state index contributed by atoms with van der Waals surface area (Å²) in [5.41, 5.74) is 0. The highest BCUT2D eigenvalue weighted by atomic mass is 16.2. The molecule has 118 valence electrons. The predicted octanol–water partition coefficient (Wildman–Crippen LogP) is 2.47. The summed E-state index contributed by atoms with van der Waals surface area (Å²) in [6.45, 7) is 2.78. The maximum Gasteiger partial charge on any atom is 0.245 e. The van der Waals surface area contributed by atoms with E-state index in [4.69, 9.17) is 0 Å². The summed E-state index contributed by atoms with van der Waals surface area (Å²) in [5, 5.41) is 3.03. The number of amides is 2. The Morgan fingerprint density at radius 3 is 2.38 bits per heavy atom. The Balaban J connectivity index is 1.74. The van der Waals surface area contributed by atoms with Gasteiger partial charge in [0.25, 0.3) is 0 Å². The number of hydrogen-bond donors (Lipinski definition) is 1. The number of carbonyl (C=O) groups excluding carboxylic acids is 2. The highest BCUT2D eigenvalue weighted by molar-refractivity contribution is 5.90. The second kappa shape index (κ2) is 6.37. The maximum atomic E-state index is 13.0. The van der Waals surface area contributed by atoms with Crippen molar-refractivity contribution in [3.8, 4) is 0 Å². The summed E-state index contributed by atoms with van der Waals surface area (Å²) in [5.74, 6) is 1.24. The molecule has 0 bridgehead atoms. The molecule has 4 nitrogen and oxygen atoms in total. The van der Waals surface area contributed by atoms with E-state index in [1.165, 1.54) is 38.5 Å². The van der Waals surface area contributed by atoms with Crippen molar-refractivity contribution in [2.45, 2.75) is 76.8 Å². The zero-order valence-corrected chi connectivity index (χ0v) is 13.1. The second-order valence-electron chi connectivity index (χ2n) is 7.16. The lowest BCUT2D eigenvalue weighted by Crippen LogP contribution is -2.53. The molecule has 0 spiro atoms. The number of carbonyl (C=O) groups is 2. The van der Waals surface area contributed by atoms with Crippen LogP contribution in [-0.2, 0) is 9.59 Å². The van der Waals surface area contributed by atoms with Crippen LogP contribution in [0.5, 0.6) is 0 Å². The van der Waals surface area contributed by atoms with Crippen LogP contribution in [0, 0.1) is 11.8 Å². The summed E-state index contributed by atoms with van der Waals surface area (Å²) in [6, 6.07) is 0.0351. The minimum atomic E-state index is -0.261. The lowest BCUT2D eigenvalue weighted by Gasteiger charge is -2.40. The molecule has 0 aromatic heterocycles. The minimum absolute atomic E-state index is 0.0576. The van der Waals surface area contributed by atoms with Gasteiger partial charge in [0.2, 0.25) is 11.8 Å². The van der Waals surface area contributed by atoms with Crippen LogP contribution in [0.15, 0.2) is 0 Å². The van der Waals surface area contributed by atoms with E-state index in [0.29, 0.717) is 30.8 Å². The molecule has 3 fully saturated rings. The van der Waals surface area contributed by atoms with E-state index in [2.05, 4.69) is 12.2 Å². The zero-order valence-electron chi connectivity index (χ0n) is 13.1. The normalized spacial score (nSPS) is 30.5. The third kappa shape index (κ3) is 3.09. The Hall–Kier alpha value is -1.06. The van der Waals surface area contributed by atoms with Gasteiger partial charge in [-0.2, -0.15) is 0 Å². The summed E-state index contributed by atoms with van der Waals surface area (Å²) in [4.78, 5) is 27.0. The first-order valence-electron chi connectivity index (χ1n) is 8.76. The van der Waals surface area contributed by atoms with Crippen molar-refractivity contribution in [1.29, 1.82) is 0 Å².